The molecule has 94 valence electrons. The molecule has 0 saturated heterocycles. The average molecular weight is 236 g/mol. The first-order valence-corrected chi connectivity index (χ1v) is 5.97. The van der Waals surface area contributed by atoms with Crippen molar-refractivity contribution in [3.63, 3.8) is 0 Å². The van der Waals surface area contributed by atoms with Crippen LogP contribution in [0, 0.1) is 0 Å². The zero-order valence-corrected chi connectivity index (χ0v) is 10.2. The molecule has 1 amide bonds. The second-order valence-corrected chi connectivity index (χ2v) is 4.12. The van der Waals surface area contributed by atoms with Crippen molar-refractivity contribution in [2.45, 2.75) is 39.2 Å². The maximum absolute atomic E-state index is 11.5. The number of unbranched alkanes of at least 4 members (excludes halogenated alkanes) is 2. The highest BCUT2D eigenvalue weighted by Gasteiger charge is 2.04. The summed E-state index contributed by atoms with van der Waals surface area (Å²) in [6, 6.07) is 4.83. The zero-order valence-electron chi connectivity index (χ0n) is 10.2. The van der Waals surface area contributed by atoms with Gasteiger partial charge in [0.2, 0.25) is 5.91 Å². The SMILES string of the molecule is CCCCCC(=O)NCc1cc(N)ccc1O. The van der Waals surface area contributed by atoms with Gasteiger partial charge in [-0.25, -0.2) is 0 Å². The van der Waals surface area contributed by atoms with Crippen molar-refractivity contribution in [3.05, 3.63) is 23.8 Å². The third-order valence-electron chi connectivity index (χ3n) is 2.59. The lowest BCUT2D eigenvalue weighted by atomic mass is 10.1. The number of phenols is 1. The average Bonchev–Trinajstić information content (AvgIpc) is 2.31. The molecule has 1 aromatic carbocycles. The van der Waals surface area contributed by atoms with Gasteiger partial charge in [-0.05, 0) is 24.6 Å². The Morgan fingerprint density at radius 2 is 2.18 bits per heavy atom. The van der Waals surface area contributed by atoms with Gasteiger partial charge in [0.05, 0.1) is 0 Å². The fourth-order valence-corrected chi connectivity index (χ4v) is 1.56. The van der Waals surface area contributed by atoms with Gasteiger partial charge in [0.1, 0.15) is 5.75 Å². The molecule has 1 rings (SSSR count). The minimum absolute atomic E-state index is 0.0141. The molecule has 0 spiro atoms. The maximum atomic E-state index is 11.5. The summed E-state index contributed by atoms with van der Waals surface area (Å²) in [6.45, 7) is 2.42. The Kier molecular flexibility index (Phi) is 5.33. The number of anilines is 1. The molecule has 0 aliphatic heterocycles. The predicted molar refractivity (Wildman–Crippen MR) is 68.5 cm³/mol. The molecule has 4 nitrogen and oxygen atoms in total. The lowest BCUT2D eigenvalue weighted by Crippen LogP contribution is -2.22. The van der Waals surface area contributed by atoms with E-state index in [0.29, 0.717) is 24.2 Å². The van der Waals surface area contributed by atoms with E-state index in [1.807, 2.05) is 0 Å². The number of aromatic hydroxyl groups is 1. The summed E-state index contributed by atoms with van der Waals surface area (Å²) in [5.41, 5.74) is 6.84. The molecule has 0 aromatic heterocycles. The number of nitrogens with two attached hydrogens (primary N) is 1. The molecular weight excluding hydrogens is 216 g/mol. The second-order valence-electron chi connectivity index (χ2n) is 4.12. The van der Waals surface area contributed by atoms with E-state index in [1.165, 1.54) is 6.07 Å². The molecule has 0 heterocycles. The minimum Gasteiger partial charge on any atom is -0.508 e. The molecule has 0 bridgehead atoms. The highest BCUT2D eigenvalue weighted by Crippen LogP contribution is 2.19. The van der Waals surface area contributed by atoms with Crippen molar-refractivity contribution < 1.29 is 9.90 Å². The summed E-state index contributed by atoms with van der Waals surface area (Å²) < 4.78 is 0. The van der Waals surface area contributed by atoms with Crippen LogP contribution in [0.1, 0.15) is 38.2 Å². The third-order valence-corrected chi connectivity index (χ3v) is 2.59. The molecule has 0 saturated carbocycles. The summed E-state index contributed by atoms with van der Waals surface area (Å²) >= 11 is 0. The van der Waals surface area contributed by atoms with Gasteiger partial charge in [-0.15, -0.1) is 0 Å². The van der Waals surface area contributed by atoms with E-state index in [2.05, 4.69) is 12.2 Å². The lowest BCUT2D eigenvalue weighted by molar-refractivity contribution is -0.121. The van der Waals surface area contributed by atoms with Crippen molar-refractivity contribution in [2.24, 2.45) is 0 Å². The molecule has 0 fully saturated rings. The molecule has 0 aliphatic rings. The van der Waals surface area contributed by atoms with Crippen molar-refractivity contribution in [1.82, 2.24) is 5.32 Å². The zero-order chi connectivity index (χ0) is 12.7. The Labute approximate surface area is 102 Å². The largest absolute Gasteiger partial charge is 0.508 e. The fraction of sp³-hybridized carbons (Fsp3) is 0.462. The monoisotopic (exact) mass is 236 g/mol. The van der Waals surface area contributed by atoms with Crippen LogP contribution in [0.5, 0.6) is 5.75 Å². The van der Waals surface area contributed by atoms with E-state index in [0.717, 1.165) is 19.3 Å². The number of carbonyl (C=O) groups is 1. The van der Waals surface area contributed by atoms with Gasteiger partial charge in [-0.3, -0.25) is 4.79 Å². The Morgan fingerprint density at radius 1 is 1.41 bits per heavy atom. The van der Waals surface area contributed by atoms with Crippen LogP contribution in [0.3, 0.4) is 0 Å². The van der Waals surface area contributed by atoms with Crippen molar-refractivity contribution in [3.8, 4) is 5.75 Å². The van der Waals surface area contributed by atoms with E-state index in [-0.39, 0.29) is 11.7 Å². The number of nitrogens with one attached hydrogen (secondary N) is 1. The van der Waals surface area contributed by atoms with Crippen LogP contribution in [0.4, 0.5) is 5.69 Å². The van der Waals surface area contributed by atoms with Crippen LogP contribution in [0.2, 0.25) is 0 Å². The van der Waals surface area contributed by atoms with Gasteiger partial charge in [0, 0.05) is 24.2 Å². The van der Waals surface area contributed by atoms with Gasteiger partial charge >= 0.3 is 0 Å². The number of rotatable bonds is 6. The minimum atomic E-state index is 0.0141. The van der Waals surface area contributed by atoms with Crippen LogP contribution in [-0.4, -0.2) is 11.0 Å². The van der Waals surface area contributed by atoms with E-state index >= 15 is 0 Å². The third kappa shape index (κ3) is 4.76. The number of phenolic OH excluding ortho intramolecular Hbond substituents is 1. The standard InChI is InChI=1S/C13H20N2O2/c1-2-3-4-5-13(17)15-9-10-8-11(14)6-7-12(10)16/h6-8,16H,2-5,9,14H2,1H3,(H,15,17). The van der Waals surface area contributed by atoms with Crippen LogP contribution in [-0.2, 0) is 11.3 Å². The topological polar surface area (TPSA) is 75.4 Å². The van der Waals surface area contributed by atoms with E-state index in [1.54, 1.807) is 12.1 Å². The molecule has 0 aliphatic carbocycles. The van der Waals surface area contributed by atoms with Crippen molar-refractivity contribution in [2.75, 3.05) is 5.73 Å². The molecule has 4 heteroatoms. The number of hydrogen-bond acceptors (Lipinski definition) is 3. The molecule has 1 aromatic rings. The number of amides is 1. The first-order chi connectivity index (χ1) is 8.13. The van der Waals surface area contributed by atoms with Gasteiger partial charge in [-0.1, -0.05) is 19.8 Å². The highest BCUT2D eigenvalue weighted by molar-refractivity contribution is 5.75. The fourth-order valence-electron chi connectivity index (χ4n) is 1.56. The smallest absolute Gasteiger partial charge is 0.220 e. The van der Waals surface area contributed by atoms with Gasteiger partial charge < -0.3 is 16.2 Å². The van der Waals surface area contributed by atoms with Gasteiger partial charge in [-0.2, -0.15) is 0 Å². The number of benzene rings is 1. The maximum Gasteiger partial charge on any atom is 0.220 e. The normalized spacial score (nSPS) is 10.2. The first-order valence-electron chi connectivity index (χ1n) is 5.97. The molecule has 17 heavy (non-hydrogen) atoms. The van der Waals surface area contributed by atoms with Crippen LogP contribution < -0.4 is 11.1 Å². The van der Waals surface area contributed by atoms with Gasteiger partial charge in [0.25, 0.3) is 0 Å². The van der Waals surface area contributed by atoms with E-state index in [4.69, 9.17) is 5.73 Å². The summed E-state index contributed by atoms with van der Waals surface area (Å²) in [5.74, 6) is 0.174. The number of hydrogen-bond donors (Lipinski definition) is 3. The molecular formula is C13H20N2O2. The van der Waals surface area contributed by atoms with Crippen molar-refractivity contribution >= 4 is 11.6 Å². The molecule has 4 N–H and O–H groups in total. The number of carbonyl (C=O) groups excluding carboxylic acids is 1. The number of nitrogen functional groups attached to an aromatic ring is 1. The Hall–Kier alpha value is -1.71. The molecule has 0 radical (unpaired) electrons. The Bertz CT molecular complexity index is 378. The lowest BCUT2D eigenvalue weighted by Gasteiger charge is -2.07. The van der Waals surface area contributed by atoms with Gasteiger partial charge in [0.15, 0.2) is 0 Å². The van der Waals surface area contributed by atoms with Crippen LogP contribution in [0.25, 0.3) is 0 Å². The molecule has 0 atom stereocenters. The first kappa shape index (κ1) is 13.4. The Morgan fingerprint density at radius 3 is 2.88 bits per heavy atom. The summed E-state index contributed by atoms with van der Waals surface area (Å²) in [5, 5.41) is 12.3. The summed E-state index contributed by atoms with van der Waals surface area (Å²) in [7, 11) is 0. The summed E-state index contributed by atoms with van der Waals surface area (Å²) in [4.78, 5) is 11.5. The van der Waals surface area contributed by atoms with Crippen molar-refractivity contribution in [1.29, 1.82) is 0 Å². The second kappa shape index (κ2) is 6.78. The summed E-state index contributed by atoms with van der Waals surface area (Å²) in [6.07, 6.45) is 3.61. The van der Waals surface area contributed by atoms with Crippen LogP contribution >= 0.6 is 0 Å². The highest BCUT2D eigenvalue weighted by atomic mass is 16.3. The predicted octanol–water partition coefficient (Wildman–Crippen LogP) is 2.17. The molecule has 0 unspecified atom stereocenters. The Balaban J connectivity index is 2.39. The quantitative estimate of drug-likeness (QED) is 0.402. The van der Waals surface area contributed by atoms with E-state index in [9.17, 15) is 9.90 Å². The van der Waals surface area contributed by atoms with E-state index < -0.39 is 0 Å². The van der Waals surface area contributed by atoms with Crippen LogP contribution in [0.15, 0.2) is 18.2 Å².